The lowest BCUT2D eigenvalue weighted by atomic mass is 9.96. The molecule has 1 heterocycles. The highest BCUT2D eigenvalue weighted by molar-refractivity contribution is 7.09. The molecule has 0 unspecified atom stereocenters. The zero-order chi connectivity index (χ0) is 23.4. The van der Waals surface area contributed by atoms with Gasteiger partial charge >= 0.3 is 6.18 Å². The second kappa shape index (κ2) is 9.70. The number of thiazole rings is 1. The van der Waals surface area contributed by atoms with Gasteiger partial charge in [0.1, 0.15) is 10.8 Å². The summed E-state index contributed by atoms with van der Waals surface area (Å²) >= 11 is 0.668. The number of ether oxygens (including phenoxy) is 1. The molecule has 0 aliphatic rings. The first-order valence-corrected chi connectivity index (χ1v) is 10.8. The Labute approximate surface area is 187 Å². The summed E-state index contributed by atoms with van der Waals surface area (Å²) in [7, 11) is 0. The first kappa shape index (κ1) is 23.7. The maximum Gasteiger partial charge on any atom is 0.424 e. The molecule has 0 aliphatic heterocycles. The molecule has 0 bridgehead atoms. The van der Waals surface area contributed by atoms with E-state index in [1.807, 2.05) is 6.92 Å². The molecule has 3 rings (SSSR count). The van der Waals surface area contributed by atoms with E-state index in [-0.39, 0.29) is 0 Å². The average molecular weight is 465 g/mol. The van der Waals surface area contributed by atoms with Crippen LogP contribution in [0.3, 0.4) is 0 Å². The van der Waals surface area contributed by atoms with Gasteiger partial charge in [-0.05, 0) is 37.1 Å². The smallest absolute Gasteiger partial charge is 0.424 e. The number of hydrogen-bond donors (Lipinski definition) is 2. The number of hydrogen-bond acceptors (Lipinski definition) is 5. The van der Waals surface area contributed by atoms with Gasteiger partial charge in [0.15, 0.2) is 0 Å². The number of aliphatic hydroxyl groups is 1. The minimum atomic E-state index is -5.07. The van der Waals surface area contributed by atoms with Crippen LogP contribution < -0.4 is 10.1 Å². The van der Waals surface area contributed by atoms with Crippen molar-refractivity contribution >= 4 is 17.2 Å². The Balaban J connectivity index is 1.89. The Morgan fingerprint density at radius 2 is 1.75 bits per heavy atom. The lowest BCUT2D eigenvalue weighted by molar-refractivity contribution is -0.267. The number of nitrogens with one attached hydrogen (secondary N) is 1. The highest BCUT2D eigenvalue weighted by atomic mass is 32.1. The summed E-state index contributed by atoms with van der Waals surface area (Å²) in [5.74, 6) is -0.319. The molecule has 0 saturated heterocycles. The molecular weight excluding hydrogens is 441 g/mol. The van der Waals surface area contributed by atoms with Crippen LogP contribution in [0.5, 0.6) is 5.75 Å². The zero-order valence-electron chi connectivity index (χ0n) is 17.5. The number of aryl methyl sites for hydroxylation is 1. The van der Waals surface area contributed by atoms with Gasteiger partial charge in [0.2, 0.25) is 11.5 Å². The molecule has 9 heteroatoms. The first-order valence-electron chi connectivity index (χ1n) is 9.93. The third-order valence-corrected chi connectivity index (χ3v) is 5.93. The molecular formula is C23H23F3N2O3S. The predicted octanol–water partition coefficient (Wildman–Crippen LogP) is 4.90. The Morgan fingerprint density at radius 1 is 1.12 bits per heavy atom. The van der Waals surface area contributed by atoms with Crippen LogP contribution in [0.1, 0.15) is 41.2 Å². The molecule has 0 aliphatic carbocycles. The molecule has 0 fully saturated rings. The number of nitrogens with zero attached hydrogens (tertiary/aromatic N) is 1. The Kier molecular flexibility index (Phi) is 7.20. The van der Waals surface area contributed by atoms with E-state index >= 15 is 0 Å². The van der Waals surface area contributed by atoms with Crippen molar-refractivity contribution in [2.45, 2.75) is 38.1 Å². The Morgan fingerprint density at radius 3 is 2.28 bits per heavy atom. The number of benzene rings is 2. The van der Waals surface area contributed by atoms with Crippen LogP contribution in [-0.2, 0) is 10.4 Å². The fourth-order valence-electron chi connectivity index (χ4n) is 3.21. The molecule has 5 nitrogen and oxygen atoms in total. The van der Waals surface area contributed by atoms with E-state index in [2.05, 4.69) is 10.3 Å². The van der Waals surface area contributed by atoms with Crippen LogP contribution in [-0.4, -0.2) is 28.8 Å². The van der Waals surface area contributed by atoms with Crippen molar-refractivity contribution in [1.82, 2.24) is 10.3 Å². The van der Waals surface area contributed by atoms with Crippen LogP contribution in [0, 0.1) is 6.92 Å². The molecule has 3 aromatic rings. The third kappa shape index (κ3) is 5.28. The lowest BCUT2D eigenvalue weighted by Gasteiger charge is -2.29. The van der Waals surface area contributed by atoms with Crippen LogP contribution in [0.25, 0.3) is 0 Å². The maximum atomic E-state index is 13.8. The largest absolute Gasteiger partial charge is 0.494 e. The highest BCUT2D eigenvalue weighted by Gasteiger charge is 2.58. The lowest BCUT2D eigenvalue weighted by Crippen LogP contribution is -2.46. The van der Waals surface area contributed by atoms with Crippen molar-refractivity contribution in [1.29, 1.82) is 0 Å². The standard InChI is InChI=1S/C23H23F3N2O3S/c1-3-31-18-11-9-17(10-12-18)20(16-7-5-4-6-8-16)28-19(29)13-22(30,23(24,25)26)21-27-15(2)14-32-21/h4-12,14,20,30H,3,13H2,1-2H3,(H,28,29)/t20-,22+/m1/s1. The molecule has 2 atom stereocenters. The summed E-state index contributed by atoms with van der Waals surface area (Å²) in [4.78, 5) is 16.6. The summed E-state index contributed by atoms with van der Waals surface area (Å²) in [6, 6.07) is 15.1. The molecule has 0 radical (unpaired) electrons. The average Bonchev–Trinajstić information content (AvgIpc) is 3.19. The number of alkyl halides is 3. The van der Waals surface area contributed by atoms with Gasteiger partial charge in [-0.3, -0.25) is 4.79 Å². The van der Waals surface area contributed by atoms with E-state index in [0.29, 0.717) is 40.5 Å². The molecule has 32 heavy (non-hydrogen) atoms. The molecule has 1 aromatic heterocycles. The zero-order valence-corrected chi connectivity index (χ0v) is 18.3. The number of carbonyl (C=O) groups is 1. The van der Waals surface area contributed by atoms with Crippen molar-refractivity contribution in [3.8, 4) is 5.75 Å². The first-order chi connectivity index (χ1) is 15.1. The third-order valence-electron chi connectivity index (χ3n) is 4.82. The van der Waals surface area contributed by atoms with E-state index in [1.54, 1.807) is 54.6 Å². The van der Waals surface area contributed by atoms with E-state index in [9.17, 15) is 23.1 Å². The van der Waals surface area contributed by atoms with Crippen molar-refractivity contribution in [3.05, 3.63) is 81.8 Å². The number of rotatable bonds is 8. The van der Waals surface area contributed by atoms with Crippen LogP contribution in [0.15, 0.2) is 60.0 Å². The minimum Gasteiger partial charge on any atom is -0.494 e. The van der Waals surface area contributed by atoms with E-state index in [1.165, 1.54) is 12.3 Å². The fraction of sp³-hybridized carbons (Fsp3) is 0.304. The van der Waals surface area contributed by atoms with Crippen molar-refractivity contribution in [3.63, 3.8) is 0 Å². The fourth-order valence-corrected chi connectivity index (χ4v) is 4.13. The van der Waals surface area contributed by atoms with Crippen molar-refractivity contribution in [2.75, 3.05) is 6.61 Å². The minimum absolute atomic E-state index is 0.338. The number of carbonyl (C=O) groups excluding carboxylic acids is 1. The second-order valence-electron chi connectivity index (χ2n) is 7.24. The summed E-state index contributed by atoms with van der Waals surface area (Å²) in [6.07, 6.45) is -6.28. The molecule has 0 saturated carbocycles. The number of aromatic nitrogens is 1. The quantitative estimate of drug-likeness (QED) is 0.498. The summed E-state index contributed by atoms with van der Waals surface area (Å²) in [5, 5.41) is 14.0. The van der Waals surface area contributed by atoms with Gasteiger partial charge in [-0.1, -0.05) is 42.5 Å². The normalized spacial score (nSPS) is 14.4. The summed E-state index contributed by atoms with van der Waals surface area (Å²) in [6.45, 7) is 3.87. The maximum absolute atomic E-state index is 13.8. The van der Waals surface area contributed by atoms with Gasteiger partial charge in [0, 0.05) is 11.1 Å². The van der Waals surface area contributed by atoms with E-state index in [4.69, 9.17) is 4.74 Å². The van der Waals surface area contributed by atoms with Crippen LogP contribution in [0.2, 0.25) is 0 Å². The Bertz CT molecular complexity index is 1040. The molecule has 1 amide bonds. The highest BCUT2D eigenvalue weighted by Crippen LogP contribution is 2.43. The van der Waals surface area contributed by atoms with E-state index < -0.39 is 35.2 Å². The van der Waals surface area contributed by atoms with Gasteiger partial charge in [-0.25, -0.2) is 4.98 Å². The van der Waals surface area contributed by atoms with Gasteiger partial charge in [-0.2, -0.15) is 13.2 Å². The van der Waals surface area contributed by atoms with Gasteiger partial charge < -0.3 is 15.2 Å². The topological polar surface area (TPSA) is 71.5 Å². The monoisotopic (exact) mass is 464 g/mol. The summed E-state index contributed by atoms with van der Waals surface area (Å²) in [5.41, 5.74) is -1.69. The second-order valence-corrected chi connectivity index (χ2v) is 8.10. The molecule has 170 valence electrons. The van der Waals surface area contributed by atoms with Crippen molar-refractivity contribution < 1.29 is 27.8 Å². The molecule has 0 spiro atoms. The van der Waals surface area contributed by atoms with Gasteiger partial charge in [0.05, 0.1) is 19.1 Å². The van der Waals surface area contributed by atoms with Gasteiger partial charge in [-0.15, -0.1) is 11.3 Å². The molecule has 2 aromatic carbocycles. The van der Waals surface area contributed by atoms with E-state index in [0.717, 1.165) is 0 Å². The van der Waals surface area contributed by atoms with Crippen molar-refractivity contribution in [2.24, 2.45) is 0 Å². The molecule has 2 N–H and O–H groups in total. The SMILES string of the molecule is CCOc1ccc([C@H](NC(=O)C[C@](O)(c2nc(C)cs2)C(F)(F)F)c2ccccc2)cc1. The number of halogens is 3. The predicted molar refractivity (Wildman–Crippen MR) is 115 cm³/mol. The Hall–Kier alpha value is -2.91. The number of amides is 1. The van der Waals surface area contributed by atoms with Gasteiger partial charge in [0.25, 0.3) is 0 Å². The summed E-state index contributed by atoms with van der Waals surface area (Å²) < 4.78 is 46.8. The van der Waals surface area contributed by atoms with Crippen LogP contribution >= 0.6 is 11.3 Å². The van der Waals surface area contributed by atoms with Crippen LogP contribution in [0.4, 0.5) is 13.2 Å².